The summed E-state index contributed by atoms with van der Waals surface area (Å²) in [7, 11) is -3.31. The van der Waals surface area contributed by atoms with Crippen LogP contribution in [0.15, 0.2) is 77.7 Å². The highest BCUT2D eigenvalue weighted by Crippen LogP contribution is 2.20. The summed E-state index contributed by atoms with van der Waals surface area (Å²) in [5, 5.41) is 2.74. The number of nitrogens with one attached hydrogen (secondary N) is 1. The van der Waals surface area contributed by atoms with E-state index in [2.05, 4.69) is 5.32 Å². The van der Waals surface area contributed by atoms with Crippen molar-refractivity contribution in [2.45, 2.75) is 11.5 Å². The quantitative estimate of drug-likeness (QED) is 0.678. The van der Waals surface area contributed by atoms with Gasteiger partial charge in [0.15, 0.2) is 9.84 Å². The second kappa shape index (κ2) is 8.22. The van der Waals surface area contributed by atoms with Crippen molar-refractivity contribution in [2.75, 3.05) is 11.6 Å². The Morgan fingerprint density at radius 2 is 1.71 bits per heavy atom. The fourth-order valence-electron chi connectivity index (χ4n) is 2.51. The van der Waals surface area contributed by atoms with Gasteiger partial charge in [-0.2, -0.15) is 0 Å². The molecule has 3 aromatic rings. The molecule has 0 saturated heterocycles. The third-order valence-electron chi connectivity index (χ3n) is 3.93. The summed E-state index contributed by atoms with van der Waals surface area (Å²) in [5.41, 5.74) is 1.55. The average molecular weight is 399 g/mol. The van der Waals surface area contributed by atoms with Gasteiger partial charge >= 0.3 is 0 Å². The molecule has 0 radical (unpaired) electrons. The second-order valence-corrected chi connectivity index (χ2v) is 8.21. The molecule has 0 atom stereocenters. The van der Waals surface area contributed by atoms with E-state index in [1.165, 1.54) is 36.4 Å². The van der Waals surface area contributed by atoms with Gasteiger partial charge in [-0.3, -0.25) is 4.79 Å². The van der Waals surface area contributed by atoms with E-state index in [1.807, 2.05) is 0 Å². The van der Waals surface area contributed by atoms with Crippen LogP contribution in [0.1, 0.15) is 15.9 Å². The van der Waals surface area contributed by atoms with Crippen molar-refractivity contribution in [1.82, 2.24) is 0 Å². The molecular formula is C21H18FNO4S. The minimum absolute atomic E-state index is 0.150. The largest absolute Gasteiger partial charge is 0.489 e. The number of benzene rings is 3. The van der Waals surface area contributed by atoms with Gasteiger partial charge in [0.05, 0.1) is 4.90 Å². The van der Waals surface area contributed by atoms with Gasteiger partial charge in [0.25, 0.3) is 5.91 Å². The minimum atomic E-state index is -3.31. The lowest BCUT2D eigenvalue weighted by Crippen LogP contribution is -2.12. The van der Waals surface area contributed by atoms with Crippen LogP contribution in [0.3, 0.4) is 0 Å². The summed E-state index contributed by atoms with van der Waals surface area (Å²) < 4.78 is 41.8. The van der Waals surface area contributed by atoms with Crippen molar-refractivity contribution in [3.05, 3.63) is 89.7 Å². The fourth-order valence-corrected chi connectivity index (χ4v) is 3.14. The van der Waals surface area contributed by atoms with Crippen LogP contribution < -0.4 is 10.1 Å². The molecule has 1 amide bonds. The standard InChI is InChI=1S/C21H18FNO4S/c1-28(25,26)20-10-8-16(9-11-20)21(24)23-18-6-3-7-19(13-18)27-14-15-4-2-5-17(22)12-15/h2-13H,14H2,1H3,(H,23,24). The number of sulfone groups is 1. The van der Waals surface area contributed by atoms with E-state index >= 15 is 0 Å². The average Bonchev–Trinajstić information content (AvgIpc) is 2.66. The number of hydrogen-bond donors (Lipinski definition) is 1. The van der Waals surface area contributed by atoms with Crippen LogP contribution in [0, 0.1) is 5.82 Å². The maximum atomic E-state index is 13.2. The molecule has 0 saturated carbocycles. The summed E-state index contributed by atoms with van der Waals surface area (Å²) in [6.07, 6.45) is 1.11. The van der Waals surface area contributed by atoms with Gasteiger partial charge in [0, 0.05) is 23.6 Å². The zero-order valence-corrected chi connectivity index (χ0v) is 15.9. The van der Waals surface area contributed by atoms with E-state index < -0.39 is 9.84 Å². The molecule has 0 aliphatic rings. The Labute approximate surface area is 162 Å². The van der Waals surface area contributed by atoms with E-state index in [0.29, 0.717) is 22.6 Å². The molecule has 0 aliphatic carbocycles. The van der Waals surface area contributed by atoms with Crippen LogP contribution in [0.5, 0.6) is 5.75 Å². The molecule has 0 unspecified atom stereocenters. The molecule has 7 heteroatoms. The Hall–Kier alpha value is -3.19. The Balaban J connectivity index is 1.66. The van der Waals surface area contributed by atoms with E-state index in [0.717, 1.165) is 6.26 Å². The van der Waals surface area contributed by atoms with E-state index in [1.54, 1.807) is 36.4 Å². The predicted molar refractivity (Wildman–Crippen MR) is 105 cm³/mol. The monoisotopic (exact) mass is 399 g/mol. The minimum Gasteiger partial charge on any atom is -0.489 e. The first-order valence-electron chi connectivity index (χ1n) is 8.40. The lowest BCUT2D eigenvalue weighted by molar-refractivity contribution is 0.102. The molecule has 144 valence electrons. The number of halogens is 1. The van der Waals surface area contributed by atoms with Gasteiger partial charge in [-0.1, -0.05) is 18.2 Å². The summed E-state index contributed by atoms with van der Waals surface area (Å²) >= 11 is 0. The number of carbonyl (C=O) groups is 1. The molecule has 3 aromatic carbocycles. The normalized spacial score (nSPS) is 11.1. The number of hydrogen-bond acceptors (Lipinski definition) is 4. The van der Waals surface area contributed by atoms with E-state index in [9.17, 15) is 17.6 Å². The number of ether oxygens (including phenoxy) is 1. The number of carbonyl (C=O) groups excluding carboxylic acids is 1. The molecular weight excluding hydrogens is 381 g/mol. The van der Waals surface area contributed by atoms with Gasteiger partial charge in [-0.05, 0) is 54.1 Å². The zero-order valence-electron chi connectivity index (χ0n) is 15.1. The third-order valence-corrected chi connectivity index (χ3v) is 5.06. The molecule has 0 fully saturated rings. The molecule has 0 aromatic heterocycles. The maximum absolute atomic E-state index is 13.2. The van der Waals surface area contributed by atoms with Crippen LogP contribution >= 0.6 is 0 Å². The van der Waals surface area contributed by atoms with Gasteiger partial charge < -0.3 is 10.1 Å². The van der Waals surface area contributed by atoms with Crippen LogP contribution in [0.4, 0.5) is 10.1 Å². The van der Waals surface area contributed by atoms with Crippen LogP contribution in [0.2, 0.25) is 0 Å². The first kappa shape index (κ1) is 19.6. The Bertz CT molecular complexity index is 1100. The van der Waals surface area contributed by atoms with Crippen molar-refractivity contribution in [1.29, 1.82) is 0 Å². The first-order valence-corrected chi connectivity index (χ1v) is 10.3. The predicted octanol–water partition coefficient (Wildman–Crippen LogP) is 4.06. The highest BCUT2D eigenvalue weighted by atomic mass is 32.2. The van der Waals surface area contributed by atoms with Crippen molar-refractivity contribution < 1.29 is 22.3 Å². The Morgan fingerprint density at radius 3 is 2.39 bits per heavy atom. The van der Waals surface area contributed by atoms with Crippen molar-refractivity contribution >= 4 is 21.4 Å². The lowest BCUT2D eigenvalue weighted by Gasteiger charge is -2.10. The molecule has 3 rings (SSSR count). The van der Waals surface area contributed by atoms with Crippen LogP contribution in [-0.4, -0.2) is 20.6 Å². The first-order chi connectivity index (χ1) is 13.3. The summed E-state index contributed by atoms with van der Waals surface area (Å²) in [4.78, 5) is 12.5. The SMILES string of the molecule is CS(=O)(=O)c1ccc(C(=O)Nc2cccc(OCc3cccc(F)c3)c2)cc1. The van der Waals surface area contributed by atoms with Gasteiger partial charge in [0.2, 0.25) is 0 Å². The Kier molecular flexibility index (Phi) is 5.75. The van der Waals surface area contributed by atoms with Crippen molar-refractivity contribution in [3.8, 4) is 5.75 Å². The molecule has 0 heterocycles. The third kappa shape index (κ3) is 5.17. The lowest BCUT2D eigenvalue weighted by atomic mass is 10.2. The summed E-state index contributed by atoms with van der Waals surface area (Å²) in [6, 6.07) is 18.6. The second-order valence-electron chi connectivity index (χ2n) is 6.20. The molecule has 0 aliphatic heterocycles. The van der Waals surface area contributed by atoms with E-state index in [4.69, 9.17) is 4.74 Å². The molecule has 5 nitrogen and oxygen atoms in total. The highest BCUT2D eigenvalue weighted by Gasteiger charge is 2.10. The summed E-state index contributed by atoms with van der Waals surface area (Å²) in [6.45, 7) is 0.197. The fraction of sp³-hybridized carbons (Fsp3) is 0.0952. The van der Waals surface area contributed by atoms with Gasteiger partial charge in [0.1, 0.15) is 18.2 Å². The van der Waals surface area contributed by atoms with Crippen molar-refractivity contribution in [3.63, 3.8) is 0 Å². The zero-order chi connectivity index (χ0) is 20.1. The topological polar surface area (TPSA) is 72.5 Å². The number of amides is 1. The van der Waals surface area contributed by atoms with Gasteiger partial charge in [-0.15, -0.1) is 0 Å². The van der Waals surface area contributed by atoms with Crippen molar-refractivity contribution in [2.24, 2.45) is 0 Å². The van der Waals surface area contributed by atoms with Crippen LogP contribution in [0.25, 0.3) is 0 Å². The molecule has 0 spiro atoms. The van der Waals surface area contributed by atoms with Crippen LogP contribution in [-0.2, 0) is 16.4 Å². The number of anilines is 1. The molecule has 1 N–H and O–H groups in total. The Morgan fingerprint density at radius 1 is 1.00 bits per heavy atom. The van der Waals surface area contributed by atoms with Gasteiger partial charge in [-0.25, -0.2) is 12.8 Å². The molecule has 0 bridgehead atoms. The summed E-state index contributed by atoms with van der Waals surface area (Å²) in [5.74, 6) is -0.180. The number of rotatable bonds is 6. The maximum Gasteiger partial charge on any atom is 0.255 e. The highest BCUT2D eigenvalue weighted by molar-refractivity contribution is 7.90. The smallest absolute Gasteiger partial charge is 0.255 e. The molecule has 28 heavy (non-hydrogen) atoms. The van der Waals surface area contributed by atoms with E-state index in [-0.39, 0.29) is 23.2 Å².